The number of rotatable bonds is 4. The van der Waals surface area contributed by atoms with Crippen molar-refractivity contribution >= 4 is 5.69 Å². The Kier molecular flexibility index (Phi) is 2.53. The third kappa shape index (κ3) is 2.24. The van der Waals surface area contributed by atoms with Gasteiger partial charge in [0.1, 0.15) is 0 Å². The summed E-state index contributed by atoms with van der Waals surface area (Å²) in [6, 6.07) is 8.86. The summed E-state index contributed by atoms with van der Waals surface area (Å²) >= 11 is 0. The molecular formula is C12H17N. The van der Waals surface area contributed by atoms with Crippen molar-refractivity contribution < 1.29 is 0 Å². The molecule has 1 aliphatic carbocycles. The van der Waals surface area contributed by atoms with Gasteiger partial charge in [0, 0.05) is 12.2 Å². The fourth-order valence-corrected chi connectivity index (χ4v) is 1.59. The van der Waals surface area contributed by atoms with E-state index in [2.05, 4.69) is 36.5 Å². The quantitative estimate of drug-likeness (QED) is 0.739. The summed E-state index contributed by atoms with van der Waals surface area (Å²) in [5.74, 6) is 0.864. The van der Waals surface area contributed by atoms with Crippen LogP contribution in [0.2, 0.25) is 0 Å². The SMILES string of the molecule is CCCNc1cccc(C2CC2)c1. The lowest BCUT2D eigenvalue weighted by Gasteiger charge is -2.06. The van der Waals surface area contributed by atoms with Crippen LogP contribution in [0.15, 0.2) is 24.3 Å². The first kappa shape index (κ1) is 8.61. The van der Waals surface area contributed by atoms with Crippen LogP contribution in [0.25, 0.3) is 0 Å². The Bertz CT molecular complexity index is 276. The molecule has 0 spiro atoms. The minimum absolute atomic E-state index is 0.864. The Morgan fingerprint density at radius 3 is 2.92 bits per heavy atom. The minimum Gasteiger partial charge on any atom is -0.385 e. The maximum atomic E-state index is 3.42. The zero-order valence-corrected chi connectivity index (χ0v) is 8.22. The van der Waals surface area contributed by atoms with Crippen molar-refractivity contribution in [3.05, 3.63) is 29.8 Å². The van der Waals surface area contributed by atoms with Crippen LogP contribution in [-0.2, 0) is 0 Å². The zero-order valence-electron chi connectivity index (χ0n) is 8.22. The second-order valence-electron chi connectivity index (χ2n) is 3.83. The molecule has 1 aliphatic rings. The van der Waals surface area contributed by atoms with Crippen LogP contribution in [0, 0.1) is 0 Å². The third-order valence-electron chi connectivity index (χ3n) is 2.51. The topological polar surface area (TPSA) is 12.0 Å². The third-order valence-corrected chi connectivity index (χ3v) is 2.51. The van der Waals surface area contributed by atoms with Gasteiger partial charge in [-0.05, 0) is 42.9 Å². The predicted molar refractivity (Wildman–Crippen MR) is 57.2 cm³/mol. The first-order chi connectivity index (χ1) is 6.40. The molecule has 0 aromatic heterocycles. The first-order valence-corrected chi connectivity index (χ1v) is 5.24. The van der Waals surface area contributed by atoms with Crippen LogP contribution in [0.1, 0.15) is 37.7 Å². The second-order valence-corrected chi connectivity index (χ2v) is 3.83. The van der Waals surface area contributed by atoms with E-state index in [9.17, 15) is 0 Å². The fourth-order valence-electron chi connectivity index (χ4n) is 1.59. The van der Waals surface area contributed by atoms with Gasteiger partial charge in [0.15, 0.2) is 0 Å². The molecule has 0 atom stereocenters. The Morgan fingerprint density at radius 2 is 2.23 bits per heavy atom. The van der Waals surface area contributed by atoms with Crippen molar-refractivity contribution in [1.29, 1.82) is 0 Å². The molecule has 1 saturated carbocycles. The largest absolute Gasteiger partial charge is 0.385 e. The molecule has 0 aliphatic heterocycles. The van der Waals surface area contributed by atoms with Crippen molar-refractivity contribution in [1.82, 2.24) is 0 Å². The standard InChI is InChI=1S/C12H17N/c1-2-8-13-12-5-3-4-11(9-12)10-6-7-10/h3-5,9-10,13H,2,6-8H2,1H3. The van der Waals surface area contributed by atoms with Gasteiger partial charge in [0.05, 0.1) is 0 Å². The highest BCUT2D eigenvalue weighted by Crippen LogP contribution is 2.40. The molecule has 13 heavy (non-hydrogen) atoms. The van der Waals surface area contributed by atoms with Gasteiger partial charge in [-0.25, -0.2) is 0 Å². The summed E-state index contributed by atoms with van der Waals surface area (Å²) in [7, 11) is 0. The van der Waals surface area contributed by atoms with E-state index in [0.29, 0.717) is 0 Å². The molecule has 70 valence electrons. The van der Waals surface area contributed by atoms with Crippen molar-refractivity contribution in [2.24, 2.45) is 0 Å². The van der Waals surface area contributed by atoms with Crippen LogP contribution in [0.5, 0.6) is 0 Å². The monoisotopic (exact) mass is 175 g/mol. The molecule has 0 unspecified atom stereocenters. The Hall–Kier alpha value is -0.980. The minimum atomic E-state index is 0.864. The lowest BCUT2D eigenvalue weighted by atomic mass is 10.1. The van der Waals surface area contributed by atoms with Crippen molar-refractivity contribution in [2.75, 3.05) is 11.9 Å². The zero-order chi connectivity index (χ0) is 9.10. The molecule has 0 saturated heterocycles. The van der Waals surface area contributed by atoms with E-state index >= 15 is 0 Å². The lowest BCUT2D eigenvalue weighted by molar-refractivity contribution is 0.978. The van der Waals surface area contributed by atoms with Crippen LogP contribution in [0.3, 0.4) is 0 Å². The van der Waals surface area contributed by atoms with Gasteiger partial charge < -0.3 is 5.32 Å². The number of hydrogen-bond acceptors (Lipinski definition) is 1. The summed E-state index contributed by atoms with van der Waals surface area (Å²) in [6.07, 6.45) is 3.96. The van der Waals surface area contributed by atoms with Gasteiger partial charge in [0.25, 0.3) is 0 Å². The van der Waals surface area contributed by atoms with Gasteiger partial charge >= 0.3 is 0 Å². The van der Waals surface area contributed by atoms with Crippen LogP contribution in [-0.4, -0.2) is 6.54 Å². The van der Waals surface area contributed by atoms with Crippen molar-refractivity contribution in [3.63, 3.8) is 0 Å². The van der Waals surface area contributed by atoms with Crippen LogP contribution >= 0.6 is 0 Å². The smallest absolute Gasteiger partial charge is 0.0343 e. The Balaban J connectivity index is 2.03. The van der Waals surface area contributed by atoms with Gasteiger partial charge in [-0.15, -0.1) is 0 Å². The van der Waals surface area contributed by atoms with E-state index in [1.54, 1.807) is 0 Å². The molecular weight excluding hydrogens is 158 g/mol. The molecule has 1 aromatic carbocycles. The molecule has 0 amide bonds. The van der Waals surface area contributed by atoms with E-state index in [0.717, 1.165) is 12.5 Å². The lowest BCUT2D eigenvalue weighted by Crippen LogP contribution is -1.99. The summed E-state index contributed by atoms with van der Waals surface area (Å²) in [5.41, 5.74) is 2.80. The van der Waals surface area contributed by atoms with E-state index < -0.39 is 0 Å². The van der Waals surface area contributed by atoms with Crippen molar-refractivity contribution in [2.45, 2.75) is 32.1 Å². The number of anilines is 1. The molecule has 0 radical (unpaired) electrons. The van der Waals surface area contributed by atoms with Crippen molar-refractivity contribution in [3.8, 4) is 0 Å². The Labute approximate surface area is 80.2 Å². The predicted octanol–water partition coefficient (Wildman–Crippen LogP) is 3.39. The van der Waals surface area contributed by atoms with E-state index in [-0.39, 0.29) is 0 Å². The summed E-state index contributed by atoms with van der Waals surface area (Å²) in [4.78, 5) is 0. The maximum Gasteiger partial charge on any atom is 0.0343 e. The molecule has 1 fully saturated rings. The summed E-state index contributed by atoms with van der Waals surface area (Å²) in [5, 5.41) is 3.42. The van der Waals surface area contributed by atoms with Gasteiger partial charge in [-0.3, -0.25) is 0 Å². The molecule has 0 bridgehead atoms. The maximum absolute atomic E-state index is 3.42. The van der Waals surface area contributed by atoms with Crippen LogP contribution < -0.4 is 5.32 Å². The van der Waals surface area contributed by atoms with E-state index in [1.165, 1.54) is 30.5 Å². The highest BCUT2D eigenvalue weighted by Gasteiger charge is 2.23. The average molecular weight is 175 g/mol. The first-order valence-electron chi connectivity index (χ1n) is 5.24. The highest BCUT2D eigenvalue weighted by molar-refractivity contribution is 5.47. The van der Waals surface area contributed by atoms with Gasteiger partial charge in [-0.1, -0.05) is 19.1 Å². The molecule has 1 nitrogen and oxygen atoms in total. The summed E-state index contributed by atoms with van der Waals surface area (Å²) < 4.78 is 0. The number of hydrogen-bond donors (Lipinski definition) is 1. The normalized spacial score (nSPS) is 15.8. The average Bonchev–Trinajstić information content (AvgIpc) is 2.98. The second kappa shape index (κ2) is 3.82. The fraction of sp³-hybridized carbons (Fsp3) is 0.500. The van der Waals surface area contributed by atoms with Crippen LogP contribution in [0.4, 0.5) is 5.69 Å². The Morgan fingerprint density at radius 1 is 1.38 bits per heavy atom. The van der Waals surface area contributed by atoms with E-state index in [4.69, 9.17) is 0 Å². The molecule has 2 rings (SSSR count). The molecule has 1 N–H and O–H groups in total. The van der Waals surface area contributed by atoms with E-state index in [1.807, 2.05) is 0 Å². The highest BCUT2D eigenvalue weighted by atomic mass is 14.9. The molecule has 0 heterocycles. The number of benzene rings is 1. The molecule has 1 aromatic rings. The molecule has 1 heteroatoms. The van der Waals surface area contributed by atoms with Gasteiger partial charge in [0.2, 0.25) is 0 Å². The summed E-state index contributed by atoms with van der Waals surface area (Å²) in [6.45, 7) is 3.27. The number of nitrogens with one attached hydrogen (secondary N) is 1. The van der Waals surface area contributed by atoms with Gasteiger partial charge in [-0.2, -0.15) is 0 Å².